The average molecular weight is 388 g/mol. The van der Waals surface area contributed by atoms with E-state index < -0.39 is 5.56 Å². The number of hydrogen-bond donors (Lipinski definition) is 2. The Balaban J connectivity index is 1.38. The lowest BCUT2D eigenvalue weighted by Gasteiger charge is -2.15. The highest BCUT2D eigenvalue weighted by Crippen LogP contribution is 2.25. The van der Waals surface area contributed by atoms with Crippen LogP contribution in [0.3, 0.4) is 0 Å². The molecule has 0 saturated heterocycles. The molecule has 146 valence electrons. The smallest absolute Gasteiger partial charge is 0.289 e. The Morgan fingerprint density at radius 1 is 1.03 bits per heavy atom. The Hall–Kier alpha value is -3.80. The summed E-state index contributed by atoms with van der Waals surface area (Å²) in [5.41, 5.74) is 1.00. The number of nitriles is 1. The van der Waals surface area contributed by atoms with Gasteiger partial charge in [0, 0.05) is 18.3 Å². The number of nitrogens with one attached hydrogen (secondary N) is 2. The highest BCUT2D eigenvalue weighted by atomic mass is 16.1. The van der Waals surface area contributed by atoms with Gasteiger partial charge in [0.05, 0.1) is 30.0 Å². The molecule has 1 aliphatic carbocycles. The van der Waals surface area contributed by atoms with E-state index in [0.717, 1.165) is 36.6 Å². The van der Waals surface area contributed by atoms with Gasteiger partial charge in [-0.25, -0.2) is 9.97 Å². The Morgan fingerprint density at radius 2 is 1.79 bits per heavy atom. The lowest BCUT2D eigenvalue weighted by Crippen LogP contribution is -2.23. The summed E-state index contributed by atoms with van der Waals surface area (Å²) in [5.74, 6) is 1.53. The molecule has 3 heterocycles. The molecule has 0 spiro atoms. The Kier molecular flexibility index (Phi) is 5.16. The summed E-state index contributed by atoms with van der Waals surface area (Å²) in [6.07, 6.45) is 9.51. The molecule has 0 aliphatic heterocycles. The first-order chi connectivity index (χ1) is 14.1. The largest absolute Gasteiger partial charge is 0.367 e. The summed E-state index contributed by atoms with van der Waals surface area (Å²) in [7, 11) is 0. The first-order valence-corrected chi connectivity index (χ1v) is 9.39. The highest BCUT2D eigenvalue weighted by Gasteiger charge is 2.25. The minimum absolute atomic E-state index is 0.0463. The Bertz CT molecular complexity index is 1090. The second-order valence-corrected chi connectivity index (χ2v) is 7.01. The van der Waals surface area contributed by atoms with Crippen molar-refractivity contribution >= 4 is 11.6 Å². The Labute approximate surface area is 167 Å². The minimum atomic E-state index is -0.457. The summed E-state index contributed by atoms with van der Waals surface area (Å²) in [6, 6.07) is 7.47. The maximum absolute atomic E-state index is 12.2. The monoisotopic (exact) mass is 388 g/mol. The first-order valence-electron chi connectivity index (χ1n) is 9.39. The maximum Gasteiger partial charge on any atom is 0.289 e. The van der Waals surface area contributed by atoms with Crippen molar-refractivity contribution in [2.24, 2.45) is 0 Å². The van der Waals surface area contributed by atoms with Gasteiger partial charge in [0.25, 0.3) is 5.56 Å². The van der Waals surface area contributed by atoms with Crippen LogP contribution >= 0.6 is 0 Å². The summed E-state index contributed by atoms with van der Waals surface area (Å²) in [5, 5.41) is 19.9. The number of pyridine rings is 1. The van der Waals surface area contributed by atoms with Crippen molar-refractivity contribution in [1.29, 1.82) is 5.26 Å². The molecule has 1 saturated carbocycles. The zero-order valence-electron chi connectivity index (χ0n) is 15.9. The van der Waals surface area contributed by atoms with Crippen molar-refractivity contribution < 1.29 is 0 Å². The van der Waals surface area contributed by atoms with Crippen LogP contribution in [0.2, 0.25) is 0 Å². The van der Waals surface area contributed by atoms with Crippen LogP contribution in [0.5, 0.6) is 0 Å². The summed E-state index contributed by atoms with van der Waals surface area (Å²) >= 11 is 0. The molecule has 4 rings (SSSR count). The van der Waals surface area contributed by atoms with E-state index in [0.29, 0.717) is 17.8 Å². The molecule has 9 heteroatoms. The molecule has 0 aromatic carbocycles. The van der Waals surface area contributed by atoms with Crippen LogP contribution in [0.15, 0.2) is 47.8 Å². The van der Waals surface area contributed by atoms with Gasteiger partial charge in [-0.2, -0.15) is 15.0 Å². The fourth-order valence-electron chi connectivity index (χ4n) is 3.41. The number of anilines is 2. The van der Waals surface area contributed by atoms with Crippen molar-refractivity contribution in [3.63, 3.8) is 0 Å². The van der Waals surface area contributed by atoms with Crippen molar-refractivity contribution in [3.05, 3.63) is 64.6 Å². The molecule has 1 aliphatic rings. The van der Waals surface area contributed by atoms with E-state index >= 15 is 0 Å². The van der Waals surface area contributed by atoms with E-state index in [1.165, 1.54) is 16.9 Å². The number of nitrogens with zero attached hydrogens (tertiary/aromatic N) is 6. The Morgan fingerprint density at radius 3 is 2.45 bits per heavy atom. The predicted molar refractivity (Wildman–Crippen MR) is 108 cm³/mol. The zero-order chi connectivity index (χ0) is 20.2. The molecule has 29 heavy (non-hydrogen) atoms. The van der Waals surface area contributed by atoms with Crippen LogP contribution in [0.25, 0.3) is 5.69 Å². The van der Waals surface area contributed by atoms with Gasteiger partial charge in [-0.3, -0.25) is 9.78 Å². The molecule has 0 bridgehead atoms. The third kappa shape index (κ3) is 4.21. The van der Waals surface area contributed by atoms with E-state index in [4.69, 9.17) is 5.26 Å². The van der Waals surface area contributed by atoms with E-state index in [2.05, 4.69) is 30.7 Å². The van der Waals surface area contributed by atoms with Crippen LogP contribution < -0.4 is 16.2 Å². The molecule has 0 unspecified atom stereocenters. The van der Waals surface area contributed by atoms with Gasteiger partial charge in [-0.05, 0) is 44.4 Å². The lowest BCUT2D eigenvalue weighted by atomic mass is 10.2. The number of aromatic nitrogens is 5. The first kappa shape index (κ1) is 18.6. The van der Waals surface area contributed by atoms with Crippen LogP contribution in [-0.2, 0) is 0 Å². The second-order valence-electron chi connectivity index (χ2n) is 7.01. The molecular weight excluding hydrogens is 368 g/mol. The molecule has 2 N–H and O–H groups in total. The van der Waals surface area contributed by atoms with Crippen molar-refractivity contribution in [3.8, 4) is 11.8 Å². The molecule has 9 nitrogen and oxygen atoms in total. The van der Waals surface area contributed by atoms with Crippen LogP contribution in [0, 0.1) is 18.3 Å². The van der Waals surface area contributed by atoms with Crippen molar-refractivity contribution in [2.45, 2.75) is 38.3 Å². The number of rotatable bonds is 5. The van der Waals surface area contributed by atoms with Crippen LogP contribution in [-0.4, -0.2) is 36.8 Å². The molecule has 2 atom stereocenters. The topological polar surface area (TPSA) is 121 Å². The van der Waals surface area contributed by atoms with E-state index in [9.17, 15) is 4.79 Å². The van der Waals surface area contributed by atoms with Gasteiger partial charge >= 0.3 is 0 Å². The molecule has 0 radical (unpaired) electrons. The average Bonchev–Trinajstić information content (AvgIpc) is 3.17. The van der Waals surface area contributed by atoms with Crippen LogP contribution in [0.4, 0.5) is 11.6 Å². The van der Waals surface area contributed by atoms with Crippen molar-refractivity contribution in [2.75, 3.05) is 10.6 Å². The van der Waals surface area contributed by atoms with E-state index in [1.807, 2.05) is 19.1 Å². The third-order valence-electron chi connectivity index (χ3n) is 4.88. The van der Waals surface area contributed by atoms with Crippen molar-refractivity contribution in [1.82, 2.24) is 24.7 Å². The summed E-state index contributed by atoms with van der Waals surface area (Å²) in [6.45, 7) is 1.91. The second kappa shape index (κ2) is 8.06. The van der Waals surface area contributed by atoms with Gasteiger partial charge in [-0.15, -0.1) is 0 Å². The predicted octanol–water partition coefficient (Wildman–Crippen LogP) is 2.04. The SMILES string of the molecule is Cc1cnc(N[C@H]2CC[C@H](Nc3ccc(-n4nccc(C#N)c4=O)cn3)C2)cn1. The summed E-state index contributed by atoms with van der Waals surface area (Å²) < 4.78 is 1.17. The zero-order valence-corrected chi connectivity index (χ0v) is 15.9. The standard InChI is InChI=1S/C20H20N8O/c1-13-10-23-19(12-22-13)27-16-3-2-15(8-16)26-18-5-4-17(11-24-18)28-20(29)14(9-21)6-7-25-28/h4-7,10-12,15-16H,2-3,8H2,1H3,(H,23,27)(H,24,26)/t15-,16-/m0/s1. The van der Waals surface area contributed by atoms with E-state index in [1.54, 1.807) is 24.7 Å². The molecule has 1 fully saturated rings. The highest BCUT2D eigenvalue weighted by molar-refractivity contribution is 5.42. The molecular formula is C20H20N8O. The number of aryl methyl sites for hydroxylation is 1. The van der Waals surface area contributed by atoms with E-state index in [-0.39, 0.29) is 5.56 Å². The fraction of sp³-hybridized carbons (Fsp3) is 0.300. The molecule has 3 aromatic heterocycles. The minimum Gasteiger partial charge on any atom is -0.367 e. The quantitative estimate of drug-likeness (QED) is 0.681. The van der Waals surface area contributed by atoms with Gasteiger partial charge in [-0.1, -0.05) is 0 Å². The van der Waals surface area contributed by atoms with Crippen LogP contribution in [0.1, 0.15) is 30.5 Å². The summed E-state index contributed by atoms with van der Waals surface area (Å²) in [4.78, 5) is 25.2. The molecule has 0 amide bonds. The molecule has 3 aromatic rings. The third-order valence-corrected chi connectivity index (χ3v) is 4.88. The lowest BCUT2D eigenvalue weighted by molar-refractivity contribution is 0.719. The van der Waals surface area contributed by atoms with Gasteiger partial charge in [0.1, 0.15) is 23.3 Å². The van der Waals surface area contributed by atoms with Gasteiger partial charge in [0.15, 0.2) is 0 Å². The fourth-order valence-corrected chi connectivity index (χ4v) is 3.41. The number of hydrogen-bond acceptors (Lipinski definition) is 8. The van der Waals surface area contributed by atoms with Gasteiger partial charge < -0.3 is 10.6 Å². The normalized spacial score (nSPS) is 18.2. The maximum atomic E-state index is 12.2. The van der Waals surface area contributed by atoms with Gasteiger partial charge in [0.2, 0.25) is 0 Å².